The highest BCUT2D eigenvalue weighted by Crippen LogP contribution is 2.42. The Morgan fingerprint density at radius 3 is 2.54 bits per heavy atom. The smallest absolute Gasteiger partial charge is 0.226 e. The minimum Gasteiger partial charge on any atom is -0.352 e. The lowest BCUT2D eigenvalue weighted by molar-refractivity contribution is -0.116. The van der Waals surface area contributed by atoms with Crippen molar-refractivity contribution in [2.45, 2.75) is 46.2 Å². The van der Waals surface area contributed by atoms with Crippen molar-refractivity contribution in [3.63, 3.8) is 0 Å². The Kier molecular flexibility index (Phi) is 7.73. The fraction of sp³-hybridized carbons (Fsp3) is 0.258. The number of halogens is 1. The quantitative estimate of drug-likeness (QED) is 0.246. The van der Waals surface area contributed by atoms with Crippen molar-refractivity contribution >= 4 is 40.5 Å². The van der Waals surface area contributed by atoms with Crippen LogP contribution in [0.4, 0.5) is 5.69 Å². The van der Waals surface area contributed by atoms with E-state index in [2.05, 4.69) is 51.1 Å². The van der Waals surface area contributed by atoms with E-state index < -0.39 is 0 Å². The van der Waals surface area contributed by atoms with E-state index in [0.29, 0.717) is 18.1 Å². The van der Waals surface area contributed by atoms with Crippen LogP contribution in [0.5, 0.6) is 0 Å². The molecule has 0 unspecified atom stereocenters. The predicted octanol–water partition coefficient (Wildman–Crippen LogP) is 6.76. The molecule has 1 aliphatic rings. The lowest BCUT2D eigenvalue weighted by atomic mass is 9.96. The van der Waals surface area contributed by atoms with Gasteiger partial charge in [-0.15, -0.1) is 0 Å². The lowest BCUT2D eigenvalue weighted by Gasteiger charge is -2.28. The summed E-state index contributed by atoms with van der Waals surface area (Å²) in [7, 11) is 0. The van der Waals surface area contributed by atoms with Crippen LogP contribution in [-0.4, -0.2) is 32.0 Å². The van der Waals surface area contributed by atoms with Crippen molar-refractivity contribution in [1.29, 1.82) is 0 Å². The van der Waals surface area contributed by atoms with Crippen LogP contribution in [0.15, 0.2) is 72.9 Å². The molecule has 6 nitrogen and oxygen atoms in total. The molecule has 200 valence electrons. The number of amides is 1. The standard InChI is InChI=1S/C31H32ClN5OS/c1-19-11-13-23(14-12-19)34-28(38)15-17-36-30(29(35-31(36)39)26-9-5-6-16-33-26)24-18-20(2)37(22(24)4)27-10-7-8-25(32)21(27)3/h5-14,16,18,29-30H,15,17H2,1-4H3,(H,34,38)(H,35,39)/t29-,30-/m1/s1. The number of benzene rings is 2. The second-order valence-corrected chi connectivity index (χ2v) is 10.8. The van der Waals surface area contributed by atoms with Crippen LogP contribution in [0.3, 0.4) is 0 Å². The SMILES string of the molecule is Cc1ccc(NC(=O)CCN2C(=S)N[C@H](c3ccccn3)[C@H]2c2cc(C)n(-c3cccc(Cl)c3C)c2C)cc1. The number of hydrogen-bond acceptors (Lipinski definition) is 3. The zero-order valence-corrected chi connectivity index (χ0v) is 24.1. The average Bonchev–Trinajstić information content (AvgIpc) is 3.40. The van der Waals surface area contributed by atoms with Crippen LogP contribution in [0.25, 0.3) is 5.69 Å². The second-order valence-electron chi connectivity index (χ2n) is 10.0. The number of pyridine rings is 1. The maximum atomic E-state index is 12.9. The van der Waals surface area contributed by atoms with Crippen LogP contribution in [0.2, 0.25) is 5.02 Å². The topological polar surface area (TPSA) is 62.2 Å². The van der Waals surface area contributed by atoms with Crippen LogP contribution in [0, 0.1) is 27.7 Å². The molecule has 4 aromatic rings. The molecule has 1 saturated heterocycles. The number of aromatic nitrogens is 2. The Morgan fingerprint density at radius 2 is 1.82 bits per heavy atom. The third-order valence-corrected chi connectivity index (χ3v) is 8.14. The highest BCUT2D eigenvalue weighted by Gasteiger charge is 2.41. The van der Waals surface area contributed by atoms with E-state index in [1.54, 1.807) is 6.20 Å². The first kappa shape index (κ1) is 26.9. The number of nitrogens with one attached hydrogen (secondary N) is 2. The molecule has 3 heterocycles. The van der Waals surface area contributed by atoms with Crippen molar-refractivity contribution in [3.8, 4) is 5.69 Å². The maximum Gasteiger partial charge on any atom is 0.226 e. The molecule has 2 aromatic carbocycles. The van der Waals surface area contributed by atoms with Gasteiger partial charge in [-0.2, -0.15) is 0 Å². The number of nitrogens with zero attached hydrogens (tertiary/aromatic N) is 3. The largest absolute Gasteiger partial charge is 0.352 e. The Labute approximate surface area is 240 Å². The van der Waals surface area contributed by atoms with E-state index in [9.17, 15) is 4.79 Å². The Bertz CT molecular complexity index is 1520. The molecular formula is C31H32ClN5OS. The van der Waals surface area contributed by atoms with Gasteiger partial charge in [0.1, 0.15) is 0 Å². The van der Waals surface area contributed by atoms with Gasteiger partial charge < -0.3 is 20.1 Å². The van der Waals surface area contributed by atoms with Gasteiger partial charge in [-0.05, 0) is 93.5 Å². The van der Waals surface area contributed by atoms with Crippen LogP contribution >= 0.6 is 23.8 Å². The molecule has 0 aliphatic carbocycles. The summed E-state index contributed by atoms with van der Waals surface area (Å²) in [4.78, 5) is 19.7. The molecule has 2 atom stereocenters. The summed E-state index contributed by atoms with van der Waals surface area (Å²) in [5.74, 6) is -0.0540. The molecule has 0 saturated carbocycles. The number of aryl methyl sites for hydroxylation is 2. The minimum atomic E-state index is -0.159. The van der Waals surface area contributed by atoms with Crippen molar-refractivity contribution in [1.82, 2.24) is 19.8 Å². The third-order valence-electron chi connectivity index (χ3n) is 7.38. The summed E-state index contributed by atoms with van der Waals surface area (Å²) in [6, 6.07) is 21.6. The lowest BCUT2D eigenvalue weighted by Crippen LogP contribution is -2.32. The summed E-state index contributed by atoms with van der Waals surface area (Å²) < 4.78 is 2.25. The molecule has 0 spiro atoms. The highest BCUT2D eigenvalue weighted by atomic mass is 35.5. The summed E-state index contributed by atoms with van der Waals surface area (Å²) in [5, 5.41) is 7.85. The monoisotopic (exact) mass is 557 g/mol. The van der Waals surface area contributed by atoms with E-state index in [-0.39, 0.29) is 18.0 Å². The number of hydrogen-bond donors (Lipinski definition) is 2. The number of anilines is 1. The molecule has 1 fully saturated rings. The van der Waals surface area contributed by atoms with Gasteiger partial charge in [-0.1, -0.05) is 41.4 Å². The molecular weight excluding hydrogens is 526 g/mol. The normalized spacial score (nSPS) is 16.8. The van der Waals surface area contributed by atoms with Gasteiger partial charge in [0.05, 0.1) is 17.8 Å². The number of rotatable bonds is 7. The van der Waals surface area contributed by atoms with Gasteiger partial charge in [-0.3, -0.25) is 9.78 Å². The van der Waals surface area contributed by atoms with E-state index in [4.69, 9.17) is 23.8 Å². The predicted molar refractivity (Wildman–Crippen MR) is 162 cm³/mol. The van der Waals surface area contributed by atoms with E-state index >= 15 is 0 Å². The van der Waals surface area contributed by atoms with Crippen molar-refractivity contribution in [2.75, 3.05) is 11.9 Å². The molecule has 0 radical (unpaired) electrons. The number of carbonyl (C=O) groups is 1. The van der Waals surface area contributed by atoms with Crippen LogP contribution in [-0.2, 0) is 4.79 Å². The average molecular weight is 558 g/mol. The summed E-state index contributed by atoms with van der Waals surface area (Å²) >= 11 is 12.3. The Balaban J connectivity index is 1.48. The zero-order valence-electron chi connectivity index (χ0n) is 22.5. The fourth-order valence-electron chi connectivity index (χ4n) is 5.36. The zero-order chi connectivity index (χ0) is 27.7. The van der Waals surface area contributed by atoms with Gasteiger partial charge in [0, 0.05) is 46.9 Å². The van der Waals surface area contributed by atoms with Gasteiger partial charge in [0.2, 0.25) is 5.91 Å². The molecule has 2 N–H and O–H groups in total. The molecule has 39 heavy (non-hydrogen) atoms. The number of carbonyl (C=O) groups excluding carboxylic acids is 1. The van der Waals surface area contributed by atoms with Crippen molar-refractivity contribution in [2.24, 2.45) is 0 Å². The second kappa shape index (κ2) is 11.2. The summed E-state index contributed by atoms with van der Waals surface area (Å²) in [5.41, 5.74) is 8.25. The fourth-order valence-corrected chi connectivity index (χ4v) is 5.86. The van der Waals surface area contributed by atoms with Crippen molar-refractivity contribution in [3.05, 3.63) is 112 Å². The molecule has 0 bridgehead atoms. The Morgan fingerprint density at radius 1 is 1.05 bits per heavy atom. The first-order valence-corrected chi connectivity index (χ1v) is 13.8. The number of thiocarbonyl (C=S) groups is 1. The minimum absolute atomic E-state index is 0.0540. The van der Waals surface area contributed by atoms with Gasteiger partial charge in [-0.25, -0.2) is 0 Å². The Hall–Kier alpha value is -3.68. The van der Waals surface area contributed by atoms with Crippen LogP contribution < -0.4 is 10.6 Å². The molecule has 1 amide bonds. The molecule has 5 rings (SSSR count). The molecule has 8 heteroatoms. The third kappa shape index (κ3) is 5.42. The van der Waals surface area contributed by atoms with E-state index in [1.165, 1.54) is 0 Å². The molecule has 2 aromatic heterocycles. The van der Waals surface area contributed by atoms with Crippen molar-refractivity contribution < 1.29 is 4.79 Å². The molecule has 1 aliphatic heterocycles. The van der Waals surface area contributed by atoms with E-state index in [1.807, 2.05) is 68.4 Å². The van der Waals surface area contributed by atoms with Gasteiger partial charge >= 0.3 is 0 Å². The summed E-state index contributed by atoms with van der Waals surface area (Å²) in [6.45, 7) is 8.76. The maximum absolute atomic E-state index is 12.9. The highest BCUT2D eigenvalue weighted by molar-refractivity contribution is 7.80. The summed E-state index contributed by atoms with van der Waals surface area (Å²) in [6.07, 6.45) is 2.10. The first-order valence-electron chi connectivity index (χ1n) is 13.0. The van der Waals surface area contributed by atoms with Gasteiger partial charge in [0.15, 0.2) is 5.11 Å². The van der Waals surface area contributed by atoms with Crippen LogP contribution in [0.1, 0.15) is 52.3 Å². The first-order chi connectivity index (χ1) is 18.7. The van der Waals surface area contributed by atoms with Gasteiger partial charge in [0.25, 0.3) is 0 Å². The van der Waals surface area contributed by atoms with E-state index in [0.717, 1.165) is 50.2 Å².